The van der Waals surface area contributed by atoms with Crippen molar-refractivity contribution in [3.63, 3.8) is 0 Å². The Bertz CT molecular complexity index is 706. The summed E-state index contributed by atoms with van der Waals surface area (Å²) in [5.41, 5.74) is 7.49. The SMILES string of the molecule is CCOC(=O)N1CCN(/C(N)=C(\C#N)C(=S)NCc2ccccc2)CC1. The summed E-state index contributed by atoms with van der Waals surface area (Å²) in [6, 6.07) is 11.9. The topological polar surface area (TPSA) is 94.6 Å². The van der Waals surface area contributed by atoms with Crippen molar-refractivity contribution in [2.24, 2.45) is 5.73 Å². The van der Waals surface area contributed by atoms with Crippen LogP contribution in [0.15, 0.2) is 41.7 Å². The van der Waals surface area contributed by atoms with E-state index in [1.165, 1.54) is 0 Å². The lowest BCUT2D eigenvalue weighted by Gasteiger charge is -2.35. The highest BCUT2D eigenvalue weighted by Crippen LogP contribution is 2.12. The van der Waals surface area contributed by atoms with Crippen molar-refractivity contribution in [1.82, 2.24) is 15.1 Å². The van der Waals surface area contributed by atoms with Crippen molar-refractivity contribution in [3.8, 4) is 6.07 Å². The molecule has 8 heteroatoms. The number of hydrogen-bond donors (Lipinski definition) is 2. The first kappa shape index (κ1) is 19.5. The van der Waals surface area contributed by atoms with Gasteiger partial charge in [-0.2, -0.15) is 5.26 Å². The molecule has 0 aromatic heterocycles. The van der Waals surface area contributed by atoms with Crippen molar-refractivity contribution in [2.75, 3.05) is 32.8 Å². The van der Waals surface area contributed by atoms with Crippen molar-refractivity contribution in [1.29, 1.82) is 5.26 Å². The first-order chi connectivity index (χ1) is 12.6. The molecule has 0 saturated carbocycles. The van der Waals surface area contributed by atoms with Crippen molar-refractivity contribution in [2.45, 2.75) is 13.5 Å². The van der Waals surface area contributed by atoms with Crippen LogP contribution in [-0.2, 0) is 11.3 Å². The minimum absolute atomic E-state index is 0.250. The maximum absolute atomic E-state index is 11.8. The van der Waals surface area contributed by atoms with Gasteiger partial charge in [-0.1, -0.05) is 42.5 Å². The van der Waals surface area contributed by atoms with E-state index in [-0.39, 0.29) is 11.7 Å². The normalized spacial score (nSPS) is 14.9. The van der Waals surface area contributed by atoms with E-state index in [9.17, 15) is 10.1 Å². The predicted molar refractivity (Wildman–Crippen MR) is 103 cm³/mol. The van der Waals surface area contributed by atoms with E-state index in [2.05, 4.69) is 11.4 Å². The number of carbonyl (C=O) groups is 1. The van der Waals surface area contributed by atoms with Crippen LogP contribution in [0.2, 0.25) is 0 Å². The maximum Gasteiger partial charge on any atom is 0.409 e. The third kappa shape index (κ3) is 5.10. The van der Waals surface area contributed by atoms with Gasteiger partial charge in [-0.05, 0) is 12.5 Å². The third-order valence-corrected chi connectivity index (χ3v) is 4.39. The van der Waals surface area contributed by atoms with Gasteiger partial charge in [-0.25, -0.2) is 4.79 Å². The summed E-state index contributed by atoms with van der Waals surface area (Å²) in [5, 5.41) is 12.6. The zero-order chi connectivity index (χ0) is 18.9. The number of amides is 1. The Morgan fingerprint density at radius 1 is 1.27 bits per heavy atom. The van der Waals surface area contributed by atoms with Gasteiger partial charge in [-0.3, -0.25) is 0 Å². The molecule has 1 saturated heterocycles. The van der Waals surface area contributed by atoms with Crippen LogP contribution in [0, 0.1) is 11.3 Å². The molecule has 0 radical (unpaired) electrons. The fourth-order valence-corrected chi connectivity index (χ4v) is 2.82. The highest BCUT2D eigenvalue weighted by molar-refractivity contribution is 7.80. The number of nitriles is 1. The molecule has 1 aromatic rings. The van der Waals surface area contributed by atoms with E-state index in [0.717, 1.165) is 5.56 Å². The Morgan fingerprint density at radius 2 is 1.88 bits per heavy atom. The molecule has 0 unspecified atom stereocenters. The van der Waals surface area contributed by atoms with E-state index in [0.29, 0.717) is 50.1 Å². The summed E-state index contributed by atoms with van der Waals surface area (Å²) in [5.74, 6) is 0.335. The molecule has 7 nitrogen and oxygen atoms in total. The second kappa shape index (κ2) is 9.63. The molecular formula is C18H23N5O2S. The Balaban J connectivity index is 1.96. The van der Waals surface area contributed by atoms with Crippen LogP contribution in [0.1, 0.15) is 12.5 Å². The number of nitrogens with two attached hydrogens (primary N) is 1. The number of nitrogens with one attached hydrogen (secondary N) is 1. The number of nitrogens with zero attached hydrogens (tertiary/aromatic N) is 3. The number of piperazine rings is 1. The molecule has 1 fully saturated rings. The summed E-state index contributed by atoms with van der Waals surface area (Å²) < 4.78 is 5.00. The second-order valence-electron chi connectivity index (χ2n) is 5.71. The second-order valence-corrected chi connectivity index (χ2v) is 6.12. The monoisotopic (exact) mass is 373 g/mol. The standard InChI is InChI=1S/C18H23N5O2S/c1-2-25-18(24)23-10-8-22(9-11-23)16(20)15(12-19)17(26)21-13-14-6-4-3-5-7-14/h3-7H,2,8-11,13,20H2,1H3,(H,21,26)/b16-15+. The van der Waals surface area contributed by atoms with Crippen LogP contribution in [0.5, 0.6) is 0 Å². The average molecular weight is 373 g/mol. The summed E-state index contributed by atoms with van der Waals surface area (Å²) >= 11 is 5.34. The summed E-state index contributed by atoms with van der Waals surface area (Å²) in [7, 11) is 0. The minimum atomic E-state index is -0.324. The molecule has 1 aliphatic rings. The molecule has 0 bridgehead atoms. The van der Waals surface area contributed by atoms with E-state index in [4.69, 9.17) is 22.7 Å². The van der Waals surface area contributed by atoms with E-state index in [1.54, 1.807) is 11.8 Å². The van der Waals surface area contributed by atoms with Gasteiger partial charge in [0.2, 0.25) is 0 Å². The first-order valence-corrected chi connectivity index (χ1v) is 8.86. The predicted octanol–water partition coefficient (Wildman–Crippen LogP) is 1.57. The number of thiocarbonyl (C=S) groups is 1. The molecule has 0 spiro atoms. The number of benzene rings is 1. The minimum Gasteiger partial charge on any atom is -0.450 e. The van der Waals surface area contributed by atoms with Crippen LogP contribution in [-0.4, -0.2) is 53.7 Å². The van der Waals surface area contributed by atoms with Crippen LogP contribution in [0.25, 0.3) is 0 Å². The fraction of sp³-hybridized carbons (Fsp3) is 0.389. The lowest BCUT2D eigenvalue weighted by Crippen LogP contribution is -2.50. The van der Waals surface area contributed by atoms with Gasteiger partial charge in [0.15, 0.2) is 0 Å². The van der Waals surface area contributed by atoms with Crippen LogP contribution < -0.4 is 11.1 Å². The van der Waals surface area contributed by atoms with E-state index < -0.39 is 0 Å². The van der Waals surface area contributed by atoms with Gasteiger partial charge in [0.25, 0.3) is 0 Å². The van der Waals surface area contributed by atoms with Crippen molar-refractivity contribution < 1.29 is 9.53 Å². The molecule has 0 aliphatic carbocycles. The molecule has 2 rings (SSSR count). The molecule has 3 N–H and O–H groups in total. The molecule has 138 valence electrons. The molecular weight excluding hydrogens is 350 g/mol. The van der Waals surface area contributed by atoms with Crippen molar-refractivity contribution >= 4 is 23.3 Å². The molecule has 1 aromatic carbocycles. The largest absolute Gasteiger partial charge is 0.450 e. The van der Waals surface area contributed by atoms with Gasteiger partial charge < -0.3 is 25.6 Å². The van der Waals surface area contributed by atoms with Crippen molar-refractivity contribution in [3.05, 3.63) is 47.3 Å². The lowest BCUT2D eigenvalue weighted by atomic mass is 10.2. The number of carbonyl (C=O) groups excluding carboxylic acids is 1. The molecule has 1 aliphatic heterocycles. The Hall–Kier alpha value is -2.79. The lowest BCUT2D eigenvalue weighted by molar-refractivity contribution is 0.0865. The molecule has 26 heavy (non-hydrogen) atoms. The van der Waals surface area contributed by atoms with E-state index >= 15 is 0 Å². The molecule has 1 heterocycles. The average Bonchev–Trinajstić information content (AvgIpc) is 2.68. The summed E-state index contributed by atoms with van der Waals surface area (Å²) in [6.07, 6.45) is -0.324. The zero-order valence-corrected chi connectivity index (χ0v) is 15.6. The highest BCUT2D eigenvalue weighted by atomic mass is 32.1. The smallest absolute Gasteiger partial charge is 0.409 e. The number of ether oxygens (including phenoxy) is 1. The van der Waals surface area contributed by atoms with Gasteiger partial charge in [0, 0.05) is 32.7 Å². The van der Waals surface area contributed by atoms with Gasteiger partial charge in [0.05, 0.1) is 6.61 Å². The Labute approximate surface area is 159 Å². The van der Waals surface area contributed by atoms with Gasteiger partial charge in [-0.15, -0.1) is 0 Å². The maximum atomic E-state index is 11.8. The first-order valence-electron chi connectivity index (χ1n) is 8.45. The zero-order valence-electron chi connectivity index (χ0n) is 14.8. The van der Waals surface area contributed by atoms with Crippen LogP contribution in [0.3, 0.4) is 0 Å². The fourth-order valence-electron chi connectivity index (χ4n) is 2.59. The number of rotatable bonds is 5. The van der Waals surface area contributed by atoms with Crippen LogP contribution in [0.4, 0.5) is 4.79 Å². The summed E-state index contributed by atoms with van der Waals surface area (Å²) in [6.45, 7) is 4.67. The quantitative estimate of drug-likeness (QED) is 0.460. The van der Waals surface area contributed by atoms with Gasteiger partial charge >= 0.3 is 6.09 Å². The number of hydrogen-bond acceptors (Lipinski definition) is 6. The molecule has 1 amide bonds. The van der Waals surface area contributed by atoms with Gasteiger partial charge in [0.1, 0.15) is 22.5 Å². The van der Waals surface area contributed by atoms with Crippen LogP contribution >= 0.6 is 12.2 Å². The molecule has 0 atom stereocenters. The third-order valence-electron chi connectivity index (χ3n) is 4.04. The Morgan fingerprint density at radius 3 is 2.46 bits per heavy atom. The summed E-state index contributed by atoms with van der Waals surface area (Å²) in [4.78, 5) is 15.6. The van der Waals surface area contributed by atoms with E-state index in [1.807, 2.05) is 35.2 Å². The Kier molecular flexibility index (Phi) is 7.24. The highest BCUT2D eigenvalue weighted by Gasteiger charge is 2.24.